The first-order chi connectivity index (χ1) is 14.7. The van der Waals surface area contributed by atoms with Crippen molar-refractivity contribution in [1.82, 2.24) is 14.8 Å². The molecule has 1 N–H and O–H groups in total. The highest BCUT2D eigenvalue weighted by atomic mass is 32.2. The fourth-order valence-corrected chi connectivity index (χ4v) is 3.71. The van der Waals surface area contributed by atoms with Gasteiger partial charge in [0.15, 0.2) is 11.0 Å². The largest absolute Gasteiger partial charge is 0.416 e. The summed E-state index contributed by atoms with van der Waals surface area (Å²) in [6.45, 7) is 2.56. The molecule has 0 saturated carbocycles. The number of carbonyl (C=O) groups excluding carboxylic acids is 1. The number of alkyl halides is 3. The van der Waals surface area contributed by atoms with Gasteiger partial charge in [0.05, 0.1) is 11.3 Å². The summed E-state index contributed by atoms with van der Waals surface area (Å²) in [5, 5.41) is 11.5. The highest BCUT2D eigenvalue weighted by Gasteiger charge is 2.30. The SMILES string of the molecule is CCn1c(SCC(=O)Nc2cccc(C(F)(F)F)c2)nnc1-c1ccc(N(C)C)cc1. The van der Waals surface area contributed by atoms with Gasteiger partial charge in [0, 0.05) is 37.6 Å². The molecule has 3 aromatic rings. The second-order valence-corrected chi connectivity index (χ2v) is 7.85. The number of carbonyl (C=O) groups is 1. The van der Waals surface area contributed by atoms with Crippen LogP contribution in [-0.4, -0.2) is 40.5 Å². The third kappa shape index (κ3) is 5.57. The Morgan fingerprint density at radius 1 is 1.13 bits per heavy atom. The number of nitrogens with zero attached hydrogens (tertiary/aromatic N) is 4. The van der Waals surface area contributed by atoms with Crippen molar-refractivity contribution in [2.75, 3.05) is 30.1 Å². The Labute approximate surface area is 182 Å². The maximum Gasteiger partial charge on any atom is 0.416 e. The van der Waals surface area contributed by atoms with E-state index in [0.717, 1.165) is 23.4 Å². The Morgan fingerprint density at radius 2 is 1.84 bits per heavy atom. The molecule has 1 heterocycles. The summed E-state index contributed by atoms with van der Waals surface area (Å²) in [6.07, 6.45) is -4.46. The molecule has 2 aromatic carbocycles. The number of halogens is 3. The minimum atomic E-state index is -4.46. The summed E-state index contributed by atoms with van der Waals surface area (Å²) >= 11 is 1.18. The Bertz CT molecular complexity index is 1050. The zero-order chi connectivity index (χ0) is 22.6. The molecule has 6 nitrogen and oxygen atoms in total. The van der Waals surface area contributed by atoms with Gasteiger partial charge in [0.25, 0.3) is 0 Å². The predicted octanol–water partition coefficient (Wildman–Crippen LogP) is 4.78. The van der Waals surface area contributed by atoms with Gasteiger partial charge >= 0.3 is 6.18 Å². The average molecular weight is 450 g/mol. The van der Waals surface area contributed by atoms with Crippen molar-refractivity contribution in [2.45, 2.75) is 24.8 Å². The molecule has 0 unspecified atom stereocenters. The first-order valence-electron chi connectivity index (χ1n) is 9.50. The summed E-state index contributed by atoms with van der Waals surface area (Å²) < 4.78 is 40.4. The van der Waals surface area contributed by atoms with Crippen molar-refractivity contribution < 1.29 is 18.0 Å². The summed E-state index contributed by atoms with van der Waals surface area (Å²) in [4.78, 5) is 14.2. The Kier molecular flexibility index (Phi) is 6.89. The first-order valence-corrected chi connectivity index (χ1v) is 10.5. The van der Waals surface area contributed by atoms with E-state index in [1.54, 1.807) is 0 Å². The normalized spacial score (nSPS) is 11.4. The lowest BCUT2D eigenvalue weighted by molar-refractivity contribution is -0.137. The molecule has 0 bridgehead atoms. The van der Waals surface area contributed by atoms with Crippen molar-refractivity contribution in [2.24, 2.45) is 0 Å². The third-order valence-electron chi connectivity index (χ3n) is 4.48. The topological polar surface area (TPSA) is 63.1 Å². The standard InChI is InChI=1S/C21H22F3N5OS/c1-4-29-19(14-8-10-17(11-9-14)28(2)3)26-27-20(29)31-13-18(30)25-16-7-5-6-15(12-16)21(22,23)24/h5-12H,4,13H2,1-3H3,(H,25,30). The van der Waals surface area contributed by atoms with Gasteiger partial charge in [-0.05, 0) is 49.4 Å². The lowest BCUT2D eigenvalue weighted by atomic mass is 10.2. The molecule has 1 aromatic heterocycles. The molecule has 3 rings (SSSR count). The van der Waals surface area contributed by atoms with Crippen LogP contribution in [-0.2, 0) is 17.5 Å². The van der Waals surface area contributed by atoms with Crippen LogP contribution < -0.4 is 10.2 Å². The molecule has 0 atom stereocenters. The predicted molar refractivity (Wildman–Crippen MR) is 116 cm³/mol. The molecule has 10 heteroatoms. The Morgan fingerprint density at radius 3 is 2.45 bits per heavy atom. The molecule has 0 aliphatic rings. The fraction of sp³-hybridized carbons (Fsp3) is 0.286. The van der Waals surface area contributed by atoms with E-state index in [1.165, 1.54) is 23.9 Å². The van der Waals surface area contributed by atoms with Crippen LogP contribution in [0.1, 0.15) is 12.5 Å². The first kappa shape index (κ1) is 22.7. The lowest BCUT2D eigenvalue weighted by Crippen LogP contribution is -2.15. The Balaban J connectivity index is 1.67. The van der Waals surface area contributed by atoms with Crippen LogP contribution in [0.5, 0.6) is 0 Å². The molecule has 0 spiro atoms. The van der Waals surface area contributed by atoms with Crippen LogP contribution in [0.2, 0.25) is 0 Å². The number of rotatable bonds is 7. The molecule has 0 radical (unpaired) electrons. The van der Waals surface area contributed by atoms with Gasteiger partial charge in [-0.3, -0.25) is 4.79 Å². The smallest absolute Gasteiger partial charge is 0.378 e. The molecule has 0 fully saturated rings. The van der Waals surface area contributed by atoms with E-state index >= 15 is 0 Å². The minimum absolute atomic E-state index is 0.00601. The van der Waals surface area contributed by atoms with Gasteiger partial charge in [0.1, 0.15) is 0 Å². The number of hydrogen-bond acceptors (Lipinski definition) is 5. The maximum atomic E-state index is 12.8. The number of benzene rings is 2. The van der Waals surface area contributed by atoms with E-state index in [1.807, 2.05) is 54.8 Å². The van der Waals surface area contributed by atoms with E-state index in [4.69, 9.17) is 0 Å². The molecule has 164 valence electrons. The van der Waals surface area contributed by atoms with Gasteiger partial charge in [-0.25, -0.2) is 0 Å². The summed E-state index contributed by atoms with van der Waals surface area (Å²) in [5.41, 5.74) is 1.25. The lowest BCUT2D eigenvalue weighted by Gasteiger charge is -2.13. The van der Waals surface area contributed by atoms with Crippen LogP contribution in [0, 0.1) is 0 Å². The number of anilines is 2. The molecule has 0 aliphatic carbocycles. The van der Waals surface area contributed by atoms with Crippen LogP contribution in [0.15, 0.2) is 53.7 Å². The maximum absolute atomic E-state index is 12.8. The zero-order valence-electron chi connectivity index (χ0n) is 17.3. The molecule has 0 saturated heterocycles. The molecule has 0 aliphatic heterocycles. The van der Waals surface area contributed by atoms with Crippen LogP contribution in [0.3, 0.4) is 0 Å². The van der Waals surface area contributed by atoms with Gasteiger partial charge in [0.2, 0.25) is 5.91 Å². The van der Waals surface area contributed by atoms with E-state index in [-0.39, 0.29) is 11.4 Å². The van der Waals surface area contributed by atoms with Crippen molar-refractivity contribution in [3.05, 3.63) is 54.1 Å². The highest BCUT2D eigenvalue weighted by Crippen LogP contribution is 2.31. The molecule has 31 heavy (non-hydrogen) atoms. The highest BCUT2D eigenvalue weighted by molar-refractivity contribution is 7.99. The van der Waals surface area contributed by atoms with Gasteiger partial charge in [-0.1, -0.05) is 17.8 Å². The van der Waals surface area contributed by atoms with Crippen LogP contribution >= 0.6 is 11.8 Å². The number of hydrogen-bond donors (Lipinski definition) is 1. The summed E-state index contributed by atoms with van der Waals surface area (Å²) in [5.74, 6) is 0.258. The second kappa shape index (κ2) is 9.42. The molecular weight excluding hydrogens is 427 g/mol. The van der Waals surface area contributed by atoms with Crippen LogP contribution in [0.25, 0.3) is 11.4 Å². The molecular formula is C21H22F3N5OS. The number of amides is 1. The monoisotopic (exact) mass is 449 g/mol. The van der Waals surface area contributed by atoms with Crippen molar-refractivity contribution >= 4 is 29.0 Å². The zero-order valence-corrected chi connectivity index (χ0v) is 18.1. The van der Waals surface area contributed by atoms with E-state index in [9.17, 15) is 18.0 Å². The molecule has 1 amide bonds. The number of aromatic nitrogens is 3. The second-order valence-electron chi connectivity index (χ2n) is 6.91. The third-order valence-corrected chi connectivity index (χ3v) is 5.45. The Hall–Kier alpha value is -3.01. The van der Waals surface area contributed by atoms with Gasteiger partial charge in [-0.2, -0.15) is 13.2 Å². The van der Waals surface area contributed by atoms with E-state index in [2.05, 4.69) is 15.5 Å². The van der Waals surface area contributed by atoms with Gasteiger partial charge in [-0.15, -0.1) is 10.2 Å². The number of nitrogens with one attached hydrogen (secondary N) is 1. The quantitative estimate of drug-likeness (QED) is 0.526. The van der Waals surface area contributed by atoms with Crippen molar-refractivity contribution in [3.63, 3.8) is 0 Å². The minimum Gasteiger partial charge on any atom is -0.378 e. The summed E-state index contributed by atoms with van der Waals surface area (Å²) in [7, 11) is 3.92. The van der Waals surface area contributed by atoms with Gasteiger partial charge < -0.3 is 14.8 Å². The fourth-order valence-electron chi connectivity index (χ4n) is 2.90. The van der Waals surface area contributed by atoms with E-state index < -0.39 is 17.6 Å². The number of thioether (sulfide) groups is 1. The van der Waals surface area contributed by atoms with Crippen molar-refractivity contribution in [1.29, 1.82) is 0 Å². The van der Waals surface area contributed by atoms with Crippen molar-refractivity contribution in [3.8, 4) is 11.4 Å². The van der Waals surface area contributed by atoms with E-state index in [0.29, 0.717) is 17.5 Å². The summed E-state index contributed by atoms with van der Waals surface area (Å²) in [6, 6.07) is 12.4. The van der Waals surface area contributed by atoms with Crippen LogP contribution in [0.4, 0.5) is 24.5 Å². The average Bonchev–Trinajstić information content (AvgIpc) is 3.15.